The molecule has 1 rings (SSSR count). The molecule has 0 aliphatic rings. The first-order chi connectivity index (χ1) is 7.29. The van der Waals surface area contributed by atoms with Crippen LogP contribution >= 0.6 is 0 Å². The van der Waals surface area contributed by atoms with Gasteiger partial charge in [0.25, 0.3) is 0 Å². The lowest BCUT2D eigenvalue weighted by atomic mass is 10.1. The molecule has 5 heteroatoms. The van der Waals surface area contributed by atoms with Gasteiger partial charge in [0, 0.05) is 6.04 Å². The molecule has 1 unspecified atom stereocenters. The first-order valence-electron chi connectivity index (χ1n) is 4.95. The van der Waals surface area contributed by atoms with Crippen LogP contribution in [0.3, 0.4) is 0 Å². The zero-order valence-corrected chi connectivity index (χ0v) is 10.8. The van der Waals surface area contributed by atoms with Gasteiger partial charge in [0.05, 0.1) is 6.26 Å². The fourth-order valence-corrected chi connectivity index (χ4v) is 1.75. The second-order valence-electron chi connectivity index (χ2n) is 4.00. The predicted octanol–water partition coefficient (Wildman–Crippen LogP) is 1.65. The van der Waals surface area contributed by atoms with E-state index < -0.39 is 10.1 Å². The van der Waals surface area contributed by atoms with Crippen molar-refractivity contribution >= 4 is 10.1 Å². The quantitative estimate of drug-likeness (QED) is 0.754. The van der Waals surface area contributed by atoms with E-state index in [-0.39, 0.29) is 6.04 Å². The van der Waals surface area contributed by atoms with Crippen LogP contribution in [0.25, 0.3) is 0 Å². The third-order valence-electron chi connectivity index (χ3n) is 2.36. The van der Waals surface area contributed by atoms with Crippen molar-refractivity contribution in [3.63, 3.8) is 0 Å². The molecule has 0 aliphatic heterocycles. The molecule has 0 fully saturated rings. The molecule has 1 aromatic carbocycles. The largest absolute Gasteiger partial charge is 0.383 e. The molecule has 16 heavy (non-hydrogen) atoms. The van der Waals surface area contributed by atoms with Crippen molar-refractivity contribution in [2.75, 3.05) is 20.4 Å². The van der Waals surface area contributed by atoms with E-state index in [2.05, 4.69) is 0 Å². The van der Waals surface area contributed by atoms with Crippen molar-refractivity contribution in [2.45, 2.75) is 13.0 Å². The molecule has 0 heterocycles. The minimum Gasteiger partial charge on any atom is -0.383 e. The second-order valence-corrected chi connectivity index (χ2v) is 5.57. The van der Waals surface area contributed by atoms with E-state index in [4.69, 9.17) is 4.18 Å². The Hall–Kier alpha value is -1.07. The van der Waals surface area contributed by atoms with Crippen molar-refractivity contribution in [1.29, 1.82) is 0 Å². The van der Waals surface area contributed by atoms with E-state index in [0.29, 0.717) is 5.75 Å². The Labute approximate surface area is 97.0 Å². The summed E-state index contributed by atoms with van der Waals surface area (Å²) in [6.07, 6.45) is 1.04. The van der Waals surface area contributed by atoms with Crippen LogP contribution in [-0.2, 0) is 10.1 Å². The predicted molar refractivity (Wildman–Crippen MR) is 64.0 cm³/mol. The summed E-state index contributed by atoms with van der Waals surface area (Å²) < 4.78 is 26.8. The van der Waals surface area contributed by atoms with Gasteiger partial charge in [-0.25, -0.2) is 0 Å². The maximum Gasteiger partial charge on any atom is 0.306 e. The van der Waals surface area contributed by atoms with E-state index in [1.807, 2.05) is 32.0 Å². The third kappa shape index (κ3) is 3.83. The standard InChI is InChI=1S/C11H17NO3S/c1-9(12(2)3)10-6-5-7-11(8-10)15-16(4,13)14/h5-9H,1-4H3. The fourth-order valence-electron chi connectivity index (χ4n) is 1.30. The highest BCUT2D eigenvalue weighted by Gasteiger charge is 2.10. The normalized spacial score (nSPS) is 13.8. The summed E-state index contributed by atoms with van der Waals surface area (Å²) in [5.41, 5.74) is 1.02. The highest BCUT2D eigenvalue weighted by Crippen LogP contribution is 2.22. The molecule has 90 valence electrons. The Morgan fingerprint density at radius 2 is 1.94 bits per heavy atom. The van der Waals surface area contributed by atoms with E-state index in [1.165, 1.54) is 0 Å². The zero-order valence-electron chi connectivity index (χ0n) is 9.97. The summed E-state index contributed by atoms with van der Waals surface area (Å²) in [7, 11) is 0.481. The summed E-state index contributed by atoms with van der Waals surface area (Å²) in [6.45, 7) is 2.04. The van der Waals surface area contributed by atoms with Gasteiger partial charge in [-0.15, -0.1) is 0 Å². The fraction of sp³-hybridized carbons (Fsp3) is 0.455. The van der Waals surface area contributed by atoms with Gasteiger partial charge in [-0.2, -0.15) is 8.42 Å². The van der Waals surface area contributed by atoms with Gasteiger partial charge >= 0.3 is 10.1 Å². The SMILES string of the molecule is CC(c1cccc(OS(C)(=O)=O)c1)N(C)C. The molecule has 0 spiro atoms. The second kappa shape index (κ2) is 4.84. The highest BCUT2D eigenvalue weighted by molar-refractivity contribution is 7.86. The Morgan fingerprint density at radius 3 is 2.44 bits per heavy atom. The Balaban J connectivity index is 2.95. The highest BCUT2D eigenvalue weighted by atomic mass is 32.2. The average Bonchev–Trinajstić information content (AvgIpc) is 2.14. The van der Waals surface area contributed by atoms with Crippen molar-refractivity contribution in [3.05, 3.63) is 29.8 Å². The Morgan fingerprint density at radius 1 is 1.31 bits per heavy atom. The summed E-state index contributed by atoms with van der Waals surface area (Å²) in [5, 5.41) is 0. The Bertz CT molecular complexity index is 454. The zero-order chi connectivity index (χ0) is 12.3. The Kier molecular flexibility index (Phi) is 3.93. The molecular weight excluding hydrogens is 226 g/mol. The molecule has 1 atom stereocenters. The molecule has 4 nitrogen and oxygen atoms in total. The van der Waals surface area contributed by atoms with Gasteiger partial charge in [0.15, 0.2) is 0 Å². The number of rotatable bonds is 4. The molecule has 0 bridgehead atoms. The lowest BCUT2D eigenvalue weighted by molar-refractivity contribution is 0.320. The lowest BCUT2D eigenvalue weighted by Gasteiger charge is -2.20. The van der Waals surface area contributed by atoms with Crippen LogP contribution in [-0.4, -0.2) is 33.7 Å². The van der Waals surface area contributed by atoms with E-state index in [0.717, 1.165) is 11.8 Å². The summed E-state index contributed by atoms with van der Waals surface area (Å²) >= 11 is 0. The lowest BCUT2D eigenvalue weighted by Crippen LogP contribution is -2.16. The average molecular weight is 243 g/mol. The summed E-state index contributed by atoms with van der Waals surface area (Å²) in [6, 6.07) is 7.32. The van der Waals surface area contributed by atoms with Crippen molar-refractivity contribution in [2.24, 2.45) is 0 Å². The molecule has 1 aromatic rings. The first-order valence-corrected chi connectivity index (χ1v) is 6.77. The van der Waals surface area contributed by atoms with Crippen molar-refractivity contribution in [1.82, 2.24) is 4.90 Å². The molecule has 0 amide bonds. The molecule has 0 aromatic heterocycles. The third-order valence-corrected chi connectivity index (χ3v) is 2.86. The van der Waals surface area contributed by atoms with Crippen LogP contribution in [0.4, 0.5) is 0 Å². The van der Waals surface area contributed by atoms with Gasteiger partial charge in [0.1, 0.15) is 5.75 Å². The van der Waals surface area contributed by atoms with Crippen molar-refractivity contribution < 1.29 is 12.6 Å². The van der Waals surface area contributed by atoms with Gasteiger partial charge in [-0.05, 0) is 38.7 Å². The molecule has 0 radical (unpaired) electrons. The molecule has 0 saturated heterocycles. The van der Waals surface area contributed by atoms with Crippen LogP contribution in [0.1, 0.15) is 18.5 Å². The minimum absolute atomic E-state index is 0.211. The van der Waals surface area contributed by atoms with Crippen LogP contribution < -0.4 is 4.18 Å². The van der Waals surface area contributed by atoms with E-state index in [9.17, 15) is 8.42 Å². The summed E-state index contributed by atoms with van der Waals surface area (Å²) in [5.74, 6) is 0.355. The van der Waals surface area contributed by atoms with Crippen LogP contribution in [0.2, 0.25) is 0 Å². The van der Waals surface area contributed by atoms with E-state index >= 15 is 0 Å². The van der Waals surface area contributed by atoms with Crippen molar-refractivity contribution in [3.8, 4) is 5.75 Å². The number of hydrogen-bond acceptors (Lipinski definition) is 4. The van der Waals surface area contributed by atoms with Gasteiger partial charge in [-0.1, -0.05) is 12.1 Å². The monoisotopic (exact) mass is 243 g/mol. The van der Waals surface area contributed by atoms with Gasteiger partial charge in [0.2, 0.25) is 0 Å². The molecular formula is C11H17NO3S. The summed E-state index contributed by atoms with van der Waals surface area (Å²) in [4.78, 5) is 2.04. The van der Waals surface area contributed by atoms with Gasteiger partial charge < -0.3 is 9.08 Å². The van der Waals surface area contributed by atoms with Crippen LogP contribution in [0.15, 0.2) is 24.3 Å². The molecule has 0 saturated carbocycles. The smallest absolute Gasteiger partial charge is 0.306 e. The first kappa shape index (κ1) is 13.0. The molecule has 0 N–H and O–H groups in total. The number of nitrogens with zero attached hydrogens (tertiary/aromatic N) is 1. The number of hydrogen-bond donors (Lipinski definition) is 0. The number of benzene rings is 1. The molecule has 0 aliphatic carbocycles. The van der Waals surface area contributed by atoms with Crippen LogP contribution in [0, 0.1) is 0 Å². The van der Waals surface area contributed by atoms with Gasteiger partial charge in [-0.3, -0.25) is 0 Å². The minimum atomic E-state index is -3.45. The maximum atomic E-state index is 11.0. The topological polar surface area (TPSA) is 46.6 Å². The van der Waals surface area contributed by atoms with E-state index in [1.54, 1.807) is 18.2 Å². The maximum absolute atomic E-state index is 11.0. The van der Waals surface area contributed by atoms with Crippen LogP contribution in [0.5, 0.6) is 5.75 Å².